The number of nitrogens with two attached hydrogens (primary N) is 1. The van der Waals surface area contributed by atoms with E-state index in [1.54, 1.807) is 14.1 Å². The molecule has 0 heterocycles. The lowest BCUT2D eigenvalue weighted by Gasteiger charge is -2.34. The first kappa shape index (κ1) is 11.6. The van der Waals surface area contributed by atoms with E-state index in [1.165, 1.54) is 4.90 Å². The molecule has 15 heavy (non-hydrogen) atoms. The highest BCUT2D eigenvalue weighted by Crippen LogP contribution is 2.27. The first-order valence-corrected chi connectivity index (χ1v) is 4.89. The van der Waals surface area contributed by atoms with Gasteiger partial charge < -0.3 is 20.7 Å². The Morgan fingerprint density at radius 3 is 2.53 bits per heavy atom. The summed E-state index contributed by atoms with van der Waals surface area (Å²) in [6.45, 7) is 0.411. The van der Waals surface area contributed by atoms with Crippen LogP contribution in [-0.2, 0) is 4.74 Å². The zero-order chi connectivity index (χ0) is 11.4. The maximum atomic E-state index is 11.1. The summed E-state index contributed by atoms with van der Waals surface area (Å²) in [7, 11) is 3.28. The van der Waals surface area contributed by atoms with E-state index in [2.05, 4.69) is 5.32 Å². The van der Waals surface area contributed by atoms with Crippen LogP contribution in [0.3, 0.4) is 0 Å². The van der Waals surface area contributed by atoms with Crippen LogP contribution < -0.4 is 11.1 Å². The molecule has 0 spiro atoms. The Hall–Kier alpha value is -1.46. The third kappa shape index (κ3) is 3.65. The summed E-state index contributed by atoms with van der Waals surface area (Å²) < 4.78 is 5.00. The largest absolute Gasteiger partial charge is 0.449 e. The maximum Gasteiger partial charge on any atom is 0.409 e. The summed E-state index contributed by atoms with van der Waals surface area (Å²) in [5.41, 5.74) is 4.97. The highest BCUT2D eigenvalue weighted by atomic mass is 16.6. The molecule has 0 unspecified atom stereocenters. The normalized spacial score (nSPS) is 23.9. The van der Waals surface area contributed by atoms with Crippen LogP contribution in [0.5, 0.6) is 0 Å². The number of nitrogens with one attached hydrogen (secondary N) is 1. The van der Waals surface area contributed by atoms with Crippen LogP contribution in [0.2, 0.25) is 0 Å². The van der Waals surface area contributed by atoms with Gasteiger partial charge >= 0.3 is 12.1 Å². The zero-order valence-corrected chi connectivity index (χ0v) is 9.03. The van der Waals surface area contributed by atoms with Crippen LogP contribution in [-0.4, -0.2) is 43.8 Å². The van der Waals surface area contributed by atoms with Gasteiger partial charge in [0.25, 0.3) is 0 Å². The van der Waals surface area contributed by atoms with Gasteiger partial charge in [-0.15, -0.1) is 0 Å². The van der Waals surface area contributed by atoms with E-state index in [1.807, 2.05) is 0 Å². The molecule has 0 aromatic carbocycles. The fourth-order valence-corrected chi connectivity index (χ4v) is 1.51. The third-order valence-corrected chi connectivity index (χ3v) is 2.39. The quantitative estimate of drug-likeness (QED) is 0.701. The topological polar surface area (TPSA) is 84.7 Å². The molecule has 1 rings (SSSR count). The van der Waals surface area contributed by atoms with Crippen LogP contribution in [0.1, 0.15) is 12.8 Å². The van der Waals surface area contributed by atoms with Crippen molar-refractivity contribution in [3.8, 4) is 0 Å². The average molecular weight is 215 g/mol. The third-order valence-electron chi connectivity index (χ3n) is 2.39. The van der Waals surface area contributed by atoms with Gasteiger partial charge in [-0.1, -0.05) is 0 Å². The lowest BCUT2D eigenvalue weighted by molar-refractivity contribution is 0.0726. The second-order valence-electron chi connectivity index (χ2n) is 4.01. The molecule has 6 heteroatoms. The summed E-state index contributed by atoms with van der Waals surface area (Å²) in [5, 5.41) is 2.61. The number of hydrogen-bond donors (Lipinski definition) is 2. The smallest absolute Gasteiger partial charge is 0.409 e. The second-order valence-corrected chi connectivity index (χ2v) is 4.01. The highest BCUT2D eigenvalue weighted by Gasteiger charge is 2.30. The summed E-state index contributed by atoms with van der Waals surface area (Å²) in [6, 6.07) is -0.353. The molecular weight excluding hydrogens is 198 g/mol. The van der Waals surface area contributed by atoms with Crippen molar-refractivity contribution in [3.63, 3.8) is 0 Å². The Morgan fingerprint density at radius 2 is 2.07 bits per heavy atom. The lowest BCUT2D eigenvalue weighted by atomic mass is 9.81. The number of urea groups is 1. The van der Waals surface area contributed by atoms with Crippen LogP contribution in [0.15, 0.2) is 0 Å². The van der Waals surface area contributed by atoms with E-state index in [9.17, 15) is 9.59 Å². The summed E-state index contributed by atoms with van der Waals surface area (Å²) in [4.78, 5) is 22.9. The maximum absolute atomic E-state index is 11.1. The van der Waals surface area contributed by atoms with Crippen LogP contribution in [0.25, 0.3) is 0 Å². The first-order valence-electron chi connectivity index (χ1n) is 4.89. The number of primary amides is 1. The summed E-state index contributed by atoms with van der Waals surface area (Å²) >= 11 is 0. The molecule has 0 aliphatic heterocycles. The molecule has 6 nitrogen and oxygen atoms in total. The Labute approximate surface area is 88.7 Å². The monoisotopic (exact) mass is 215 g/mol. The Morgan fingerprint density at radius 1 is 1.47 bits per heavy atom. The Bertz CT molecular complexity index is 249. The van der Waals surface area contributed by atoms with E-state index >= 15 is 0 Å². The summed E-state index contributed by atoms with van der Waals surface area (Å²) in [6.07, 6.45) is 1.31. The van der Waals surface area contributed by atoms with Crippen molar-refractivity contribution in [2.24, 2.45) is 11.7 Å². The van der Waals surface area contributed by atoms with Gasteiger partial charge in [0, 0.05) is 20.1 Å². The van der Waals surface area contributed by atoms with Gasteiger partial charge in [-0.05, 0) is 18.8 Å². The molecule has 1 aliphatic rings. The summed E-state index contributed by atoms with van der Waals surface area (Å²) in [5.74, 6) is 0.339. The minimum absolute atomic E-state index is 0.144. The molecule has 1 saturated carbocycles. The molecule has 86 valence electrons. The van der Waals surface area contributed by atoms with Gasteiger partial charge in [0.1, 0.15) is 0 Å². The van der Waals surface area contributed by atoms with E-state index in [-0.39, 0.29) is 12.1 Å². The number of carbonyl (C=O) groups is 2. The molecule has 1 aliphatic carbocycles. The van der Waals surface area contributed by atoms with Crippen molar-refractivity contribution in [2.75, 3.05) is 20.7 Å². The van der Waals surface area contributed by atoms with Gasteiger partial charge in [0.15, 0.2) is 0 Å². The SMILES string of the molecule is CN(C)C(=O)OCC1CC(NC(N)=O)C1. The van der Waals surface area contributed by atoms with Gasteiger partial charge in [-0.2, -0.15) is 0 Å². The van der Waals surface area contributed by atoms with E-state index in [0.29, 0.717) is 12.5 Å². The van der Waals surface area contributed by atoms with Gasteiger partial charge in [0.05, 0.1) is 6.61 Å². The standard InChI is InChI=1S/C9H17N3O3/c1-12(2)9(14)15-5-6-3-7(4-6)11-8(10)13/h6-7H,3-5H2,1-2H3,(H3,10,11,13). The number of hydrogen-bond acceptors (Lipinski definition) is 3. The second kappa shape index (κ2) is 4.86. The Balaban J connectivity index is 2.08. The molecular formula is C9H17N3O3. The van der Waals surface area contributed by atoms with Gasteiger partial charge in [-0.25, -0.2) is 9.59 Å². The minimum atomic E-state index is -0.497. The molecule has 1 fully saturated rings. The number of ether oxygens (including phenoxy) is 1. The molecule has 0 bridgehead atoms. The lowest BCUT2D eigenvalue weighted by Crippen LogP contribution is -2.47. The number of nitrogens with zero attached hydrogens (tertiary/aromatic N) is 1. The van der Waals surface area contributed by atoms with Crippen molar-refractivity contribution in [2.45, 2.75) is 18.9 Å². The van der Waals surface area contributed by atoms with Crippen LogP contribution in [0, 0.1) is 5.92 Å². The van der Waals surface area contributed by atoms with Crippen molar-refractivity contribution < 1.29 is 14.3 Å². The van der Waals surface area contributed by atoms with Crippen molar-refractivity contribution in [3.05, 3.63) is 0 Å². The zero-order valence-electron chi connectivity index (χ0n) is 9.03. The highest BCUT2D eigenvalue weighted by molar-refractivity contribution is 5.72. The molecule has 3 N–H and O–H groups in total. The van der Waals surface area contributed by atoms with Crippen molar-refractivity contribution in [1.29, 1.82) is 0 Å². The van der Waals surface area contributed by atoms with E-state index in [0.717, 1.165) is 12.8 Å². The van der Waals surface area contributed by atoms with Gasteiger partial charge in [-0.3, -0.25) is 0 Å². The molecule has 0 saturated heterocycles. The number of rotatable bonds is 3. The fourth-order valence-electron chi connectivity index (χ4n) is 1.51. The molecule has 0 radical (unpaired) electrons. The molecule has 3 amide bonds. The molecule has 0 atom stereocenters. The predicted octanol–water partition coefficient (Wildman–Crippen LogP) is 0.131. The van der Waals surface area contributed by atoms with Gasteiger partial charge in [0.2, 0.25) is 0 Å². The van der Waals surface area contributed by atoms with E-state index < -0.39 is 6.03 Å². The molecule has 0 aromatic rings. The number of amides is 3. The predicted molar refractivity (Wildman–Crippen MR) is 54.3 cm³/mol. The van der Waals surface area contributed by atoms with Crippen LogP contribution >= 0.6 is 0 Å². The van der Waals surface area contributed by atoms with Crippen LogP contribution in [0.4, 0.5) is 9.59 Å². The Kier molecular flexibility index (Phi) is 3.76. The minimum Gasteiger partial charge on any atom is -0.449 e. The fraction of sp³-hybridized carbons (Fsp3) is 0.778. The average Bonchev–Trinajstić information content (AvgIpc) is 2.07. The molecule has 0 aromatic heterocycles. The van der Waals surface area contributed by atoms with Crippen molar-refractivity contribution in [1.82, 2.24) is 10.2 Å². The van der Waals surface area contributed by atoms with Crippen molar-refractivity contribution >= 4 is 12.1 Å². The number of carbonyl (C=O) groups excluding carboxylic acids is 2. The van der Waals surface area contributed by atoms with E-state index in [4.69, 9.17) is 10.5 Å². The first-order chi connectivity index (χ1) is 6.99.